The van der Waals surface area contributed by atoms with Crippen molar-refractivity contribution in [1.82, 2.24) is 10.2 Å². The highest BCUT2D eigenvalue weighted by atomic mass is 19.3. The summed E-state index contributed by atoms with van der Waals surface area (Å²) in [6.45, 7) is 4.61. The van der Waals surface area contributed by atoms with Crippen molar-refractivity contribution in [3.05, 3.63) is 35.4 Å². The summed E-state index contributed by atoms with van der Waals surface area (Å²) in [6.07, 6.45) is 1.57. The molecule has 1 saturated heterocycles. The lowest BCUT2D eigenvalue weighted by Crippen LogP contribution is -2.36. The summed E-state index contributed by atoms with van der Waals surface area (Å²) in [4.78, 5) is 22.9. The monoisotopic (exact) mass is 384 g/mol. The van der Waals surface area contributed by atoms with Crippen molar-refractivity contribution in [2.24, 2.45) is 5.92 Å². The second-order valence-electron chi connectivity index (χ2n) is 7.14. The van der Waals surface area contributed by atoms with Gasteiger partial charge in [0, 0.05) is 25.5 Å². The van der Waals surface area contributed by atoms with E-state index in [9.17, 15) is 18.4 Å². The molecule has 2 unspecified atom stereocenters. The van der Waals surface area contributed by atoms with Crippen molar-refractivity contribution in [2.75, 3.05) is 27.2 Å². The number of nitrogens with one attached hydrogen (secondary N) is 1. The molecule has 0 radical (unpaired) electrons. The van der Waals surface area contributed by atoms with E-state index in [1.165, 1.54) is 19.5 Å². The number of likely N-dealkylation sites (N-methyl/N-ethyl adjacent to an activating group) is 1. The molecule has 0 aliphatic carbocycles. The van der Waals surface area contributed by atoms with Gasteiger partial charge in [-0.05, 0) is 44.5 Å². The Labute approximate surface area is 159 Å². The van der Waals surface area contributed by atoms with Crippen molar-refractivity contribution in [3.8, 4) is 0 Å². The molecule has 7 heteroatoms. The smallest absolute Gasteiger partial charge is 0.270 e. The molecule has 1 amide bonds. The number of hydrogen-bond acceptors (Lipinski definition) is 4. The Morgan fingerprint density at radius 3 is 2.22 bits per heavy atom. The first kappa shape index (κ1) is 23.2. The van der Waals surface area contributed by atoms with Gasteiger partial charge >= 0.3 is 0 Å². The molecule has 152 valence electrons. The van der Waals surface area contributed by atoms with Gasteiger partial charge in [0.1, 0.15) is 12.4 Å². The summed E-state index contributed by atoms with van der Waals surface area (Å²) in [7, 11) is 3.53. The maximum atomic E-state index is 13.1. The lowest BCUT2D eigenvalue weighted by molar-refractivity contribution is -0.134. The first-order chi connectivity index (χ1) is 12.6. The van der Waals surface area contributed by atoms with E-state index in [1.807, 2.05) is 12.1 Å². The second-order valence-corrected chi connectivity index (χ2v) is 7.14. The van der Waals surface area contributed by atoms with Crippen molar-refractivity contribution >= 4 is 12.2 Å². The van der Waals surface area contributed by atoms with Crippen LogP contribution in [0.25, 0.3) is 0 Å². The average molecular weight is 384 g/mol. The van der Waals surface area contributed by atoms with Crippen LogP contribution in [-0.2, 0) is 15.5 Å². The number of rotatable bonds is 5. The Balaban J connectivity index is 0.000000314. The zero-order valence-corrected chi connectivity index (χ0v) is 16.4. The van der Waals surface area contributed by atoms with E-state index in [2.05, 4.69) is 17.3 Å². The van der Waals surface area contributed by atoms with Gasteiger partial charge in [-0.25, -0.2) is 8.78 Å². The van der Waals surface area contributed by atoms with Crippen molar-refractivity contribution in [3.63, 3.8) is 0 Å². The van der Waals surface area contributed by atoms with Gasteiger partial charge in [-0.1, -0.05) is 31.2 Å². The molecule has 0 bridgehead atoms. The summed E-state index contributed by atoms with van der Waals surface area (Å²) >= 11 is 0. The van der Waals surface area contributed by atoms with E-state index in [4.69, 9.17) is 5.11 Å². The predicted octanol–water partition coefficient (Wildman–Crippen LogP) is 2.54. The van der Waals surface area contributed by atoms with E-state index in [0.29, 0.717) is 12.2 Å². The number of hydrogen-bond donors (Lipinski definition) is 2. The molecule has 0 aromatic heterocycles. The minimum Gasteiger partial charge on any atom is -0.383 e. The molecule has 1 aromatic rings. The number of nitrogens with zero attached hydrogens (tertiary/aromatic N) is 1. The van der Waals surface area contributed by atoms with Crippen LogP contribution in [0.15, 0.2) is 24.3 Å². The van der Waals surface area contributed by atoms with Crippen LogP contribution in [0.4, 0.5) is 8.78 Å². The number of halogens is 2. The molecule has 2 N–H and O–H groups in total. The van der Waals surface area contributed by atoms with Crippen LogP contribution >= 0.6 is 0 Å². The lowest BCUT2D eigenvalue weighted by Gasteiger charge is -2.29. The van der Waals surface area contributed by atoms with Gasteiger partial charge in [0.25, 0.3) is 5.92 Å². The normalized spacial score (nSPS) is 18.0. The van der Waals surface area contributed by atoms with Crippen molar-refractivity contribution in [1.29, 1.82) is 0 Å². The molecular formula is C20H30F2N2O3. The Hall–Kier alpha value is -1.86. The van der Waals surface area contributed by atoms with Crippen LogP contribution in [-0.4, -0.2) is 55.5 Å². The Morgan fingerprint density at radius 2 is 1.81 bits per heavy atom. The second kappa shape index (κ2) is 10.5. The molecule has 1 aromatic carbocycles. The molecular weight excluding hydrogens is 354 g/mol. The minimum absolute atomic E-state index is 0.106. The van der Waals surface area contributed by atoms with Gasteiger partial charge in [0.05, 0.1) is 0 Å². The minimum atomic E-state index is -2.73. The molecule has 0 spiro atoms. The van der Waals surface area contributed by atoms with Crippen molar-refractivity contribution in [2.45, 2.75) is 44.6 Å². The maximum absolute atomic E-state index is 13.1. The first-order valence-electron chi connectivity index (χ1n) is 9.11. The van der Waals surface area contributed by atoms with Gasteiger partial charge in [0.15, 0.2) is 0 Å². The molecule has 2 rings (SSSR count). The molecule has 1 aliphatic rings. The molecule has 1 fully saturated rings. The van der Waals surface area contributed by atoms with Crippen LogP contribution in [0.3, 0.4) is 0 Å². The molecule has 0 saturated carbocycles. The highest BCUT2D eigenvalue weighted by Crippen LogP contribution is 2.31. The highest BCUT2D eigenvalue weighted by molar-refractivity contribution is 5.83. The molecule has 5 nitrogen and oxygen atoms in total. The average Bonchev–Trinajstić information content (AvgIpc) is 2.66. The zero-order valence-electron chi connectivity index (χ0n) is 16.4. The Kier molecular flexibility index (Phi) is 8.99. The number of amides is 1. The summed E-state index contributed by atoms with van der Waals surface area (Å²) < 4.78 is 26.1. The highest BCUT2D eigenvalue weighted by Gasteiger charge is 2.25. The zero-order chi connectivity index (χ0) is 20.6. The van der Waals surface area contributed by atoms with E-state index in [0.717, 1.165) is 32.9 Å². The summed E-state index contributed by atoms with van der Waals surface area (Å²) in [5.41, 5.74) is 1.31. The van der Waals surface area contributed by atoms with Crippen LogP contribution in [0, 0.1) is 5.92 Å². The SMILES string of the molecule is CN1CCC(c2ccc(C(C)(F)F)cc2)CC1.CNC(=O)C(O)C(C)C=O. The summed E-state index contributed by atoms with van der Waals surface area (Å²) in [5.74, 6) is -3.36. The first-order valence-corrected chi connectivity index (χ1v) is 9.11. The standard InChI is InChI=1S/C14H19F2N.C6H11NO3/c1-14(15,16)13-5-3-11(4-6-13)12-7-9-17(2)10-8-12;1-4(3-8)5(9)6(10)7-2/h3-6,12H,7-10H2,1-2H3;3-5,9H,1-2H3,(H,7,10). The number of aliphatic hydroxyl groups excluding tert-OH is 1. The van der Waals surface area contributed by atoms with Gasteiger partial charge < -0.3 is 20.1 Å². The molecule has 27 heavy (non-hydrogen) atoms. The predicted molar refractivity (Wildman–Crippen MR) is 101 cm³/mol. The van der Waals surface area contributed by atoms with Gasteiger partial charge in [-0.2, -0.15) is 0 Å². The Bertz CT molecular complexity index is 594. The summed E-state index contributed by atoms with van der Waals surface area (Å²) in [6, 6.07) is 6.85. The van der Waals surface area contributed by atoms with E-state index in [-0.39, 0.29) is 5.56 Å². The van der Waals surface area contributed by atoms with E-state index < -0.39 is 23.9 Å². The number of carbonyl (C=O) groups is 2. The third-order valence-electron chi connectivity index (χ3n) is 4.84. The van der Waals surface area contributed by atoms with E-state index in [1.54, 1.807) is 12.1 Å². The van der Waals surface area contributed by atoms with Crippen LogP contribution < -0.4 is 5.32 Å². The number of likely N-dealkylation sites (tertiary alicyclic amines) is 1. The van der Waals surface area contributed by atoms with Gasteiger partial charge in [0.2, 0.25) is 5.91 Å². The molecule has 2 atom stereocenters. The fourth-order valence-electron chi connectivity index (χ4n) is 2.85. The molecule has 1 aliphatic heterocycles. The quantitative estimate of drug-likeness (QED) is 0.766. The maximum Gasteiger partial charge on any atom is 0.270 e. The number of carbonyl (C=O) groups excluding carboxylic acids is 2. The number of aldehydes is 1. The fraction of sp³-hybridized carbons (Fsp3) is 0.600. The largest absolute Gasteiger partial charge is 0.383 e. The molecule has 1 heterocycles. The van der Waals surface area contributed by atoms with Gasteiger partial charge in [-0.3, -0.25) is 4.79 Å². The third-order valence-corrected chi connectivity index (χ3v) is 4.84. The van der Waals surface area contributed by atoms with Gasteiger partial charge in [-0.15, -0.1) is 0 Å². The third kappa shape index (κ3) is 7.34. The van der Waals surface area contributed by atoms with Crippen LogP contribution in [0.2, 0.25) is 0 Å². The van der Waals surface area contributed by atoms with E-state index >= 15 is 0 Å². The van der Waals surface area contributed by atoms with Crippen molar-refractivity contribution < 1.29 is 23.5 Å². The fourth-order valence-corrected chi connectivity index (χ4v) is 2.85. The number of piperidine rings is 1. The number of benzene rings is 1. The topological polar surface area (TPSA) is 69.6 Å². The lowest BCUT2D eigenvalue weighted by atomic mass is 9.89. The number of aliphatic hydroxyl groups is 1. The summed E-state index contributed by atoms with van der Waals surface area (Å²) in [5, 5.41) is 11.2. The Morgan fingerprint density at radius 1 is 1.30 bits per heavy atom. The number of alkyl halides is 2. The van der Waals surface area contributed by atoms with Crippen LogP contribution in [0.1, 0.15) is 43.7 Å². The van der Waals surface area contributed by atoms with Crippen LogP contribution in [0.5, 0.6) is 0 Å².